The van der Waals surface area contributed by atoms with E-state index in [1.165, 1.54) is 4.90 Å². The van der Waals surface area contributed by atoms with Crippen molar-refractivity contribution in [2.45, 2.75) is 84.5 Å². The first-order chi connectivity index (χ1) is 10.4. The lowest BCUT2D eigenvalue weighted by Crippen LogP contribution is -2.52. The summed E-state index contributed by atoms with van der Waals surface area (Å²) in [5.41, 5.74) is -1.34. The van der Waals surface area contributed by atoms with E-state index in [0.717, 1.165) is 25.7 Å². The minimum absolute atomic E-state index is 0.132. The largest absolute Gasteiger partial charge is 0.444 e. The molecule has 0 aromatic rings. The molecule has 1 saturated carbocycles. The predicted molar refractivity (Wildman–Crippen MR) is 87.4 cm³/mol. The molecule has 0 radical (unpaired) electrons. The van der Waals surface area contributed by atoms with Gasteiger partial charge in [0, 0.05) is 6.04 Å². The summed E-state index contributed by atoms with van der Waals surface area (Å²) in [5.74, 6) is -0.305. The van der Waals surface area contributed by atoms with Crippen LogP contribution in [-0.2, 0) is 9.47 Å². The number of rotatable bonds is 1. The van der Waals surface area contributed by atoms with E-state index in [2.05, 4.69) is 5.32 Å². The first-order valence-electron chi connectivity index (χ1n) is 8.00. The van der Waals surface area contributed by atoms with Crippen molar-refractivity contribution in [2.24, 2.45) is 0 Å². The number of hydrogen-bond acceptors (Lipinski definition) is 5. The Morgan fingerprint density at radius 2 is 1.48 bits per heavy atom. The summed E-state index contributed by atoms with van der Waals surface area (Å²) in [6.07, 6.45) is 2.18. The maximum atomic E-state index is 12.4. The van der Waals surface area contributed by atoms with E-state index in [4.69, 9.17) is 14.9 Å². The Morgan fingerprint density at radius 3 is 1.91 bits per heavy atom. The van der Waals surface area contributed by atoms with Crippen LogP contribution in [0.15, 0.2) is 0 Å². The zero-order chi connectivity index (χ0) is 17.8. The fourth-order valence-corrected chi connectivity index (χ4v) is 2.36. The molecule has 0 aromatic heterocycles. The molecule has 7 heteroatoms. The van der Waals surface area contributed by atoms with Crippen molar-refractivity contribution in [3.63, 3.8) is 0 Å². The van der Waals surface area contributed by atoms with Crippen molar-refractivity contribution in [1.29, 1.82) is 5.41 Å². The van der Waals surface area contributed by atoms with Gasteiger partial charge in [0.1, 0.15) is 11.2 Å². The number of nitrogens with one attached hydrogen (secondary N) is 2. The lowest BCUT2D eigenvalue weighted by atomic mass is 10.2. The van der Waals surface area contributed by atoms with Gasteiger partial charge in [-0.2, -0.15) is 0 Å². The molecule has 7 nitrogen and oxygen atoms in total. The van der Waals surface area contributed by atoms with Gasteiger partial charge in [0.15, 0.2) is 0 Å². The molecule has 2 N–H and O–H groups in total. The normalized spacial score (nSPS) is 15.9. The van der Waals surface area contributed by atoms with Gasteiger partial charge >= 0.3 is 12.2 Å². The van der Waals surface area contributed by atoms with E-state index in [9.17, 15) is 9.59 Å². The van der Waals surface area contributed by atoms with Crippen molar-refractivity contribution in [3.8, 4) is 0 Å². The van der Waals surface area contributed by atoms with Crippen LogP contribution in [0, 0.1) is 5.41 Å². The van der Waals surface area contributed by atoms with Crippen molar-refractivity contribution in [1.82, 2.24) is 10.2 Å². The van der Waals surface area contributed by atoms with Crippen molar-refractivity contribution < 1.29 is 19.1 Å². The molecule has 132 valence electrons. The molecule has 0 atom stereocenters. The molecule has 2 amide bonds. The zero-order valence-corrected chi connectivity index (χ0v) is 15.0. The van der Waals surface area contributed by atoms with Gasteiger partial charge in [-0.25, -0.2) is 14.5 Å². The Balaban J connectivity index is 2.81. The Morgan fingerprint density at radius 1 is 1.00 bits per heavy atom. The third-order valence-electron chi connectivity index (χ3n) is 3.14. The minimum Gasteiger partial charge on any atom is -0.444 e. The van der Waals surface area contributed by atoms with Crippen LogP contribution in [0.1, 0.15) is 67.2 Å². The van der Waals surface area contributed by atoms with Crippen molar-refractivity contribution >= 4 is 18.1 Å². The van der Waals surface area contributed by atoms with Gasteiger partial charge in [-0.3, -0.25) is 10.7 Å². The summed E-state index contributed by atoms with van der Waals surface area (Å²) >= 11 is 0. The summed E-state index contributed by atoms with van der Waals surface area (Å²) in [6.45, 7) is 10.5. The van der Waals surface area contributed by atoms with Gasteiger partial charge in [0.2, 0.25) is 5.96 Å². The highest BCUT2D eigenvalue weighted by atomic mass is 16.6. The maximum Gasteiger partial charge on any atom is 0.417 e. The SMILES string of the molecule is CC(C)(C)OC(=O)NC(=N)N(C(=O)OC(C)(C)C)C1CCCC1. The van der Waals surface area contributed by atoms with Gasteiger partial charge < -0.3 is 9.47 Å². The second kappa shape index (κ2) is 7.19. The summed E-state index contributed by atoms with van der Waals surface area (Å²) in [6, 6.07) is -0.132. The van der Waals surface area contributed by atoms with Crippen LogP contribution in [0.3, 0.4) is 0 Å². The second-order valence-electron chi connectivity index (χ2n) is 7.76. The Bertz CT molecular complexity index is 457. The van der Waals surface area contributed by atoms with Crippen LogP contribution in [0.5, 0.6) is 0 Å². The Labute approximate surface area is 138 Å². The maximum absolute atomic E-state index is 12.4. The molecule has 23 heavy (non-hydrogen) atoms. The fourth-order valence-electron chi connectivity index (χ4n) is 2.36. The number of hydrogen-bond donors (Lipinski definition) is 2. The Hall–Kier alpha value is -1.79. The van der Waals surface area contributed by atoms with E-state index in [-0.39, 0.29) is 12.0 Å². The van der Waals surface area contributed by atoms with Crippen LogP contribution in [-0.4, -0.2) is 40.3 Å². The molecule has 0 bridgehead atoms. The van der Waals surface area contributed by atoms with E-state index >= 15 is 0 Å². The van der Waals surface area contributed by atoms with E-state index in [0.29, 0.717) is 0 Å². The molecular formula is C16H29N3O4. The third-order valence-corrected chi connectivity index (χ3v) is 3.14. The first kappa shape index (κ1) is 19.3. The van der Waals surface area contributed by atoms with Crippen LogP contribution >= 0.6 is 0 Å². The monoisotopic (exact) mass is 327 g/mol. The summed E-state index contributed by atoms with van der Waals surface area (Å²) in [5, 5.41) is 10.4. The minimum atomic E-state index is -0.756. The molecule has 1 aliphatic rings. The summed E-state index contributed by atoms with van der Waals surface area (Å²) in [4.78, 5) is 25.5. The van der Waals surface area contributed by atoms with Crippen molar-refractivity contribution in [2.75, 3.05) is 0 Å². The number of guanidine groups is 1. The van der Waals surface area contributed by atoms with E-state index < -0.39 is 23.4 Å². The molecule has 0 aliphatic heterocycles. The Kier molecular flexibility index (Phi) is 6.02. The topological polar surface area (TPSA) is 91.7 Å². The predicted octanol–water partition coefficient (Wildman–Crippen LogP) is 3.63. The smallest absolute Gasteiger partial charge is 0.417 e. The van der Waals surface area contributed by atoms with Crippen molar-refractivity contribution in [3.05, 3.63) is 0 Å². The molecule has 0 heterocycles. The quantitative estimate of drug-likeness (QED) is 0.568. The molecule has 1 fully saturated rings. The van der Waals surface area contributed by atoms with Crippen LogP contribution in [0.25, 0.3) is 0 Å². The lowest BCUT2D eigenvalue weighted by Gasteiger charge is -2.31. The van der Waals surface area contributed by atoms with Gasteiger partial charge in [-0.05, 0) is 54.4 Å². The zero-order valence-electron chi connectivity index (χ0n) is 15.0. The molecule has 0 aromatic carbocycles. The number of alkyl carbamates (subject to hydrolysis) is 1. The molecule has 1 rings (SSSR count). The second-order valence-corrected chi connectivity index (χ2v) is 7.76. The van der Waals surface area contributed by atoms with Crippen LogP contribution in [0.2, 0.25) is 0 Å². The van der Waals surface area contributed by atoms with Crippen LogP contribution < -0.4 is 5.32 Å². The summed E-state index contributed by atoms with van der Waals surface area (Å²) in [7, 11) is 0. The number of carbonyl (C=O) groups excluding carboxylic acids is 2. The van der Waals surface area contributed by atoms with E-state index in [1.807, 2.05) is 0 Å². The van der Waals surface area contributed by atoms with E-state index in [1.54, 1.807) is 41.5 Å². The molecular weight excluding hydrogens is 298 g/mol. The molecule has 0 saturated heterocycles. The third kappa shape index (κ3) is 6.88. The summed E-state index contributed by atoms with van der Waals surface area (Å²) < 4.78 is 10.5. The molecule has 1 aliphatic carbocycles. The first-order valence-corrected chi connectivity index (χ1v) is 8.00. The molecule has 0 spiro atoms. The number of nitrogens with zero attached hydrogens (tertiary/aromatic N) is 1. The number of ether oxygens (including phenoxy) is 2. The van der Waals surface area contributed by atoms with Gasteiger partial charge in [-0.15, -0.1) is 0 Å². The lowest BCUT2D eigenvalue weighted by molar-refractivity contribution is 0.0301. The van der Waals surface area contributed by atoms with Gasteiger partial charge in [0.25, 0.3) is 0 Å². The van der Waals surface area contributed by atoms with Crippen LogP contribution in [0.4, 0.5) is 9.59 Å². The highest BCUT2D eigenvalue weighted by molar-refractivity contribution is 6.00. The average Bonchev–Trinajstić information content (AvgIpc) is 2.76. The van der Waals surface area contributed by atoms with Gasteiger partial charge in [0.05, 0.1) is 0 Å². The molecule has 0 unspecified atom stereocenters. The van der Waals surface area contributed by atoms with Gasteiger partial charge in [-0.1, -0.05) is 12.8 Å². The fraction of sp³-hybridized carbons (Fsp3) is 0.812. The number of amides is 2. The highest BCUT2D eigenvalue weighted by Crippen LogP contribution is 2.25. The number of carbonyl (C=O) groups is 2. The highest BCUT2D eigenvalue weighted by Gasteiger charge is 2.34. The average molecular weight is 327 g/mol. The standard InChI is InChI=1S/C16H29N3O4/c1-15(2,3)22-13(20)18-12(17)19(11-9-7-8-10-11)14(21)23-16(4,5)6/h11H,7-10H2,1-6H3,(H2,17,18,20).